The number of aliphatic hydroxyl groups is 1. The van der Waals surface area contributed by atoms with Crippen molar-refractivity contribution in [2.24, 2.45) is 28.6 Å². The van der Waals surface area contributed by atoms with E-state index < -0.39 is 0 Å². The normalized spacial score (nSPS) is 42.5. The number of methoxy groups -OCH3 is 1. The Hall–Kier alpha value is -0.830. The first-order valence-electron chi connectivity index (χ1n) is 9.74. The molecule has 0 radical (unpaired) electrons. The van der Waals surface area contributed by atoms with Crippen LogP contribution in [0.25, 0.3) is 0 Å². The summed E-state index contributed by atoms with van der Waals surface area (Å²) in [4.78, 5) is 12.6. The number of rotatable bonds is 2. The Morgan fingerprint density at radius 2 is 1.92 bits per heavy atom. The molecule has 0 bridgehead atoms. The second-order valence-electron chi connectivity index (χ2n) is 9.17. The van der Waals surface area contributed by atoms with Crippen LogP contribution in [-0.2, 0) is 9.53 Å². The SMILES string of the molecule is COC(=O)[C@]1(C)CCC[C@]2(C)C3=C(CC[C@@H]12)[C@@H](O)[C@H](C(C)C)CC3. The van der Waals surface area contributed by atoms with Crippen LogP contribution in [0.2, 0.25) is 0 Å². The summed E-state index contributed by atoms with van der Waals surface area (Å²) in [5.41, 5.74) is 2.48. The smallest absolute Gasteiger partial charge is 0.311 e. The van der Waals surface area contributed by atoms with Gasteiger partial charge in [-0.25, -0.2) is 0 Å². The Morgan fingerprint density at radius 1 is 1.21 bits per heavy atom. The predicted octanol–water partition coefficient (Wildman–Crippen LogP) is 4.49. The minimum atomic E-state index is -0.375. The maximum absolute atomic E-state index is 12.6. The summed E-state index contributed by atoms with van der Waals surface area (Å²) in [6.07, 6.45) is 6.99. The molecule has 0 aromatic heterocycles. The number of fused-ring (bicyclic) bond motifs is 2. The Bertz CT molecular complexity index is 549. The lowest BCUT2D eigenvalue weighted by molar-refractivity contribution is -0.163. The zero-order chi connectivity index (χ0) is 17.7. The molecular weight excluding hydrogens is 300 g/mol. The zero-order valence-corrected chi connectivity index (χ0v) is 16.0. The molecule has 0 heterocycles. The highest BCUT2D eigenvalue weighted by atomic mass is 16.5. The Kier molecular flexibility index (Phi) is 4.61. The molecule has 5 atom stereocenters. The van der Waals surface area contributed by atoms with E-state index in [0.717, 1.165) is 44.9 Å². The summed E-state index contributed by atoms with van der Waals surface area (Å²) in [6, 6.07) is 0. The number of carbonyl (C=O) groups is 1. The molecule has 3 heteroatoms. The first-order valence-corrected chi connectivity index (χ1v) is 9.74. The van der Waals surface area contributed by atoms with Gasteiger partial charge in [0.25, 0.3) is 0 Å². The number of esters is 1. The standard InChI is InChI=1S/C21H34O3/c1-13(2)14-7-9-16-15(18(14)22)8-10-17-20(16,3)11-6-12-21(17,4)19(23)24-5/h13-14,17-18,22H,6-12H2,1-5H3/t14-,17+,18-,20+,21+/m0/s1. The summed E-state index contributed by atoms with van der Waals surface area (Å²) >= 11 is 0. The maximum Gasteiger partial charge on any atom is 0.311 e. The monoisotopic (exact) mass is 334 g/mol. The fourth-order valence-corrected chi connectivity index (χ4v) is 6.37. The summed E-state index contributed by atoms with van der Waals surface area (Å²) in [6.45, 7) is 8.92. The van der Waals surface area contributed by atoms with E-state index in [1.165, 1.54) is 18.3 Å². The van der Waals surface area contributed by atoms with Gasteiger partial charge in [-0.15, -0.1) is 0 Å². The molecule has 0 aliphatic heterocycles. The highest BCUT2D eigenvalue weighted by Crippen LogP contribution is 2.62. The van der Waals surface area contributed by atoms with Gasteiger partial charge in [-0.1, -0.05) is 32.8 Å². The number of carbonyl (C=O) groups excluding carboxylic acids is 1. The average Bonchev–Trinajstić information content (AvgIpc) is 2.54. The molecule has 24 heavy (non-hydrogen) atoms. The molecule has 0 aromatic carbocycles. The van der Waals surface area contributed by atoms with E-state index in [4.69, 9.17) is 4.74 Å². The van der Waals surface area contributed by atoms with E-state index in [1.54, 1.807) is 0 Å². The van der Waals surface area contributed by atoms with E-state index in [2.05, 4.69) is 27.7 Å². The maximum atomic E-state index is 12.6. The molecule has 136 valence electrons. The van der Waals surface area contributed by atoms with Gasteiger partial charge in [-0.05, 0) is 74.2 Å². The second-order valence-corrected chi connectivity index (χ2v) is 9.17. The van der Waals surface area contributed by atoms with Crippen LogP contribution in [0.4, 0.5) is 0 Å². The highest BCUT2D eigenvalue weighted by molar-refractivity contribution is 5.77. The van der Waals surface area contributed by atoms with E-state index in [-0.39, 0.29) is 22.9 Å². The Morgan fingerprint density at radius 3 is 2.54 bits per heavy atom. The van der Waals surface area contributed by atoms with Crippen molar-refractivity contribution < 1.29 is 14.6 Å². The van der Waals surface area contributed by atoms with Gasteiger partial charge in [-0.3, -0.25) is 4.79 Å². The van der Waals surface area contributed by atoms with Crippen molar-refractivity contribution in [3.05, 3.63) is 11.1 Å². The van der Waals surface area contributed by atoms with Gasteiger partial charge >= 0.3 is 5.97 Å². The van der Waals surface area contributed by atoms with E-state index in [0.29, 0.717) is 17.8 Å². The largest absolute Gasteiger partial charge is 0.469 e. The Balaban J connectivity index is 2.00. The van der Waals surface area contributed by atoms with Gasteiger partial charge in [0, 0.05) is 0 Å². The minimum absolute atomic E-state index is 0.0427. The number of hydrogen-bond donors (Lipinski definition) is 1. The van der Waals surface area contributed by atoms with Crippen LogP contribution in [0.15, 0.2) is 11.1 Å². The highest BCUT2D eigenvalue weighted by Gasteiger charge is 2.57. The topological polar surface area (TPSA) is 46.5 Å². The summed E-state index contributed by atoms with van der Waals surface area (Å²) in [5.74, 6) is 1.21. The van der Waals surface area contributed by atoms with Crippen molar-refractivity contribution in [2.45, 2.75) is 78.7 Å². The van der Waals surface area contributed by atoms with Crippen LogP contribution in [0.3, 0.4) is 0 Å². The molecule has 3 aliphatic carbocycles. The van der Waals surface area contributed by atoms with Gasteiger partial charge in [0.15, 0.2) is 0 Å². The quantitative estimate of drug-likeness (QED) is 0.598. The molecule has 3 nitrogen and oxygen atoms in total. The molecule has 0 saturated heterocycles. The minimum Gasteiger partial charge on any atom is -0.469 e. The van der Waals surface area contributed by atoms with Crippen LogP contribution in [0.5, 0.6) is 0 Å². The second kappa shape index (κ2) is 6.16. The predicted molar refractivity (Wildman–Crippen MR) is 95.4 cm³/mol. The molecule has 0 aromatic rings. The molecule has 0 unspecified atom stereocenters. The lowest BCUT2D eigenvalue weighted by Crippen LogP contribution is -2.52. The third kappa shape index (κ3) is 2.46. The number of aliphatic hydroxyl groups excluding tert-OH is 1. The van der Waals surface area contributed by atoms with Crippen molar-refractivity contribution >= 4 is 5.97 Å². The van der Waals surface area contributed by atoms with Crippen molar-refractivity contribution in [2.75, 3.05) is 7.11 Å². The first-order chi connectivity index (χ1) is 11.3. The number of hydrogen-bond acceptors (Lipinski definition) is 3. The molecule has 1 saturated carbocycles. The first kappa shape index (κ1) is 18.0. The molecule has 0 spiro atoms. The van der Waals surface area contributed by atoms with E-state index >= 15 is 0 Å². The number of ether oxygens (including phenoxy) is 1. The third-order valence-electron chi connectivity index (χ3n) is 7.71. The molecule has 1 fully saturated rings. The fourth-order valence-electron chi connectivity index (χ4n) is 6.37. The molecular formula is C21H34O3. The van der Waals surface area contributed by atoms with Gasteiger partial charge < -0.3 is 9.84 Å². The van der Waals surface area contributed by atoms with Gasteiger partial charge in [0.2, 0.25) is 0 Å². The van der Waals surface area contributed by atoms with Gasteiger partial charge in [-0.2, -0.15) is 0 Å². The lowest BCUT2D eigenvalue weighted by Gasteiger charge is -2.56. The summed E-state index contributed by atoms with van der Waals surface area (Å²) in [5, 5.41) is 11.0. The zero-order valence-electron chi connectivity index (χ0n) is 16.0. The van der Waals surface area contributed by atoms with Gasteiger partial charge in [0.1, 0.15) is 0 Å². The Labute approximate surface area is 146 Å². The molecule has 0 amide bonds. The average molecular weight is 335 g/mol. The third-order valence-corrected chi connectivity index (χ3v) is 7.71. The van der Waals surface area contributed by atoms with Crippen LogP contribution < -0.4 is 0 Å². The van der Waals surface area contributed by atoms with Crippen LogP contribution in [0.1, 0.15) is 72.6 Å². The van der Waals surface area contributed by atoms with Crippen molar-refractivity contribution in [1.29, 1.82) is 0 Å². The van der Waals surface area contributed by atoms with Crippen LogP contribution in [-0.4, -0.2) is 24.3 Å². The van der Waals surface area contributed by atoms with Gasteiger partial charge in [0.05, 0.1) is 18.6 Å². The number of allylic oxidation sites excluding steroid dienone is 1. The van der Waals surface area contributed by atoms with Crippen molar-refractivity contribution in [3.8, 4) is 0 Å². The molecule has 1 N–H and O–H groups in total. The summed E-state index contributed by atoms with van der Waals surface area (Å²) in [7, 11) is 1.52. The molecule has 3 aliphatic rings. The van der Waals surface area contributed by atoms with E-state index in [1.807, 2.05) is 0 Å². The van der Waals surface area contributed by atoms with E-state index in [9.17, 15) is 9.90 Å². The lowest BCUT2D eigenvalue weighted by atomic mass is 9.47. The van der Waals surface area contributed by atoms with Crippen molar-refractivity contribution in [1.82, 2.24) is 0 Å². The fraction of sp³-hybridized carbons (Fsp3) is 0.857. The van der Waals surface area contributed by atoms with Crippen LogP contribution in [0, 0.1) is 28.6 Å². The van der Waals surface area contributed by atoms with Crippen molar-refractivity contribution in [3.63, 3.8) is 0 Å². The summed E-state index contributed by atoms with van der Waals surface area (Å²) < 4.78 is 5.19. The van der Waals surface area contributed by atoms with Crippen LogP contribution >= 0.6 is 0 Å². The molecule has 3 rings (SSSR count).